The van der Waals surface area contributed by atoms with Gasteiger partial charge in [-0.1, -0.05) is 43.5 Å². The molecule has 0 spiro atoms. The summed E-state index contributed by atoms with van der Waals surface area (Å²) in [6, 6.07) is 7.12. The van der Waals surface area contributed by atoms with Crippen molar-refractivity contribution in [3.63, 3.8) is 0 Å². The van der Waals surface area contributed by atoms with Crippen molar-refractivity contribution in [2.24, 2.45) is 0 Å². The molecular weight excluding hydrogens is 168 g/mol. The zero-order chi connectivity index (χ0) is 9.97. The lowest BCUT2D eigenvalue weighted by atomic mass is 9.93. The summed E-state index contributed by atoms with van der Waals surface area (Å²) in [5.41, 5.74) is 4.54. The van der Waals surface area contributed by atoms with Gasteiger partial charge >= 0.3 is 0 Å². The molecule has 2 rings (SSSR count). The average Bonchev–Trinajstić information content (AvgIpc) is 2.69. The first-order valence-electron chi connectivity index (χ1n) is 5.90. The van der Waals surface area contributed by atoms with Crippen LogP contribution in [0.25, 0.3) is 0 Å². The first kappa shape index (κ1) is 9.76. The van der Waals surface area contributed by atoms with Crippen molar-refractivity contribution in [3.8, 4) is 0 Å². The summed E-state index contributed by atoms with van der Waals surface area (Å²) in [7, 11) is 0. The maximum Gasteiger partial charge on any atom is -0.0162 e. The highest BCUT2D eigenvalue weighted by atomic mass is 14.2. The van der Waals surface area contributed by atoms with E-state index < -0.39 is 0 Å². The quantitative estimate of drug-likeness (QED) is 0.652. The number of rotatable bonds is 2. The van der Waals surface area contributed by atoms with Gasteiger partial charge in [-0.2, -0.15) is 0 Å². The van der Waals surface area contributed by atoms with E-state index in [2.05, 4.69) is 32.0 Å². The molecule has 0 aliphatic heterocycles. The maximum absolute atomic E-state index is 2.42. The van der Waals surface area contributed by atoms with Gasteiger partial charge in [-0.15, -0.1) is 0 Å². The van der Waals surface area contributed by atoms with E-state index in [1.54, 1.807) is 5.56 Å². The molecule has 0 nitrogen and oxygen atoms in total. The number of hydrogen-bond donors (Lipinski definition) is 0. The minimum Gasteiger partial charge on any atom is -0.0613 e. The van der Waals surface area contributed by atoms with E-state index in [0.717, 1.165) is 5.92 Å². The van der Waals surface area contributed by atoms with E-state index in [4.69, 9.17) is 0 Å². The molecule has 14 heavy (non-hydrogen) atoms. The molecule has 1 saturated carbocycles. The largest absolute Gasteiger partial charge is 0.0613 e. The molecule has 76 valence electrons. The van der Waals surface area contributed by atoms with Crippen LogP contribution in [0.2, 0.25) is 0 Å². The number of aryl methyl sites for hydroxylation is 2. The molecule has 1 fully saturated rings. The van der Waals surface area contributed by atoms with Gasteiger partial charge in [0.2, 0.25) is 0 Å². The Labute approximate surface area is 87.3 Å². The fraction of sp³-hybridized carbons (Fsp3) is 0.571. The van der Waals surface area contributed by atoms with Gasteiger partial charge in [0.1, 0.15) is 0 Å². The van der Waals surface area contributed by atoms with Crippen LogP contribution in [0.4, 0.5) is 0 Å². The number of hydrogen-bond acceptors (Lipinski definition) is 0. The normalized spacial score (nSPS) is 17.6. The molecule has 0 bridgehead atoms. The van der Waals surface area contributed by atoms with Crippen molar-refractivity contribution in [3.05, 3.63) is 34.9 Å². The van der Waals surface area contributed by atoms with Gasteiger partial charge in [0, 0.05) is 0 Å². The van der Waals surface area contributed by atoms with Crippen molar-refractivity contribution in [1.29, 1.82) is 0 Å². The molecule has 0 unspecified atom stereocenters. The maximum atomic E-state index is 2.42. The standard InChI is InChI=1S/C14H20/c1-3-12-8-11(2)9-14(10-12)13-6-4-5-7-13/h8-10,13H,3-7H2,1-2H3. The van der Waals surface area contributed by atoms with Crippen molar-refractivity contribution < 1.29 is 0 Å². The third kappa shape index (κ3) is 2.00. The molecule has 0 saturated heterocycles. The van der Waals surface area contributed by atoms with Crippen molar-refractivity contribution in [1.82, 2.24) is 0 Å². The molecule has 0 N–H and O–H groups in total. The summed E-state index contributed by atoms with van der Waals surface area (Å²) in [4.78, 5) is 0. The monoisotopic (exact) mass is 188 g/mol. The Bertz CT molecular complexity index is 306. The Morgan fingerprint density at radius 1 is 1.14 bits per heavy atom. The molecule has 1 aliphatic carbocycles. The summed E-state index contributed by atoms with van der Waals surface area (Å²) >= 11 is 0. The molecule has 1 aromatic carbocycles. The van der Waals surface area contributed by atoms with E-state index in [9.17, 15) is 0 Å². The van der Waals surface area contributed by atoms with Crippen molar-refractivity contribution in [2.75, 3.05) is 0 Å². The van der Waals surface area contributed by atoms with E-state index in [0.29, 0.717) is 0 Å². The van der Waals surface area contributed by atoms with Crippen LogP contribution in [0.1, 0.15) is 55.2 Å². The molecule has 0 heteroatoms. The van der Waals surface area contributed by atoms with Crippen LogP contribution in [0.3, 0.4) is 0 Å². The zero-order valence-electron chi connectivity index (χ0n) is 9.34. The summed E-state index contributed by atoms with van der Waals surface area (Å²) in [5, 5.41) is 0. The molecule has 0 aromatic heterocycles. The first-order valence-corrected chi connectivity index (χ1v) is 5.90. The fourth-order valence-electron chi connectivity index (χ4n) is 2.59. The fourth-order valence-corrected chi connectivity index (χ4v) is 2.59. The van der Waals surface area contributed by atoms with Crippen LogP contribution in [0.15, 0.2) is 18.2 Å². The topological polar surface area (TPSA) is 0 Å². The summed E-state index contributed by atoms with van der Waals surface area (Å²) in [5.74, 6) is 0.861. The lowest BCUT2D eigenvalue weighted by Crippen LogP contribution is -1.95. The summed E-state index contributed by atoms with van der Waals surface area (Å²) in [6.07, 6.45) is 6.85. The predicted octanol–water partition coefficient (Wildman–Crippen LogP) is 4.22. The van der Waals surface area contributed by atoms with Crippen molar-refractivity contribution >= 4 is 0 Å². The molecule has 0 amide bonds. The molecule has 1 aromatic rings. The third-order valence-corrected chi connectivity index (χ3v) is 3.39. The highest BCUT2D eigenvalue weighted by Gasteiger charge is 2.17. The smallest absolute Gasteiger partial charge is 0.0162 e. The highest BCUT2D eigenvalue weighted by molar-refractivity contribution is 5.32. The van der Waals surface area contributed by atoms with Crippen LogP contribution in [0, 0.1) is 6.92 Å². The van der Waals surface area contributed by atoms with Crippen LogP contribution in [-0.4, -0.2) is 0 Å². The third-order valence-electron chi connectivity index (χ3n) is 3.39. The first-order chi connectivity index (χ1) is 6.79. The Kier molecular flexibility index (Phi) is 2.90. The van der Waals surface area contributed by atoms with E-state index in [-0.39, 0.29) is 0 Å². The number of benzene rings is 1. The van der Waals surface area contributed by atoms with E-state index in [1.165, 1.54) is 43.2 Å². The lowest BCUT2D eigenvalue weighted by Gasteiger charge is -2.12. The minimum atomic E-state index is 0.861. The Hall–Kier alpha value is -0.780. The Balaban J connectivity index is 2.27. The molecule has 0 heterocycles. The molecule has 1 aliphatic rings. The van der Waals surface area contributed by atoms with Gasteiger partial charge in [0.15, 0.2) is 0 Å². The second kappa shape index (κ2) is 4.16. The van der Waals surface area contributed by atoms with Gasteiger partial charge < -0.3 is 0 Å². The predicted molar refractivity (Wildman–Crippen MR) is 61.8 cm³/mol. The van der Waals surface area contributed by atoms with Crippen LogP contribution < -0.4 is 0 Å². The SMILES string of the molecule is CCc1cc(C)cc(C2CCCC2)c1. The van der Waals surface area contributed by atoms with Gasteiger partial charge in [0.25, 0.3) is 0 Å². The van der Waals surface area contributed by atoms with Crippen LogP contribution >= 0.6 is 0 Å². The second-order valence-corrected chi connectivity index (χ2v) is 4.59. The summed E-state index contributed by atoms with van der Waals surface area (Å²) in [6.45, 7) is 4.46. The minimum absolute atomic E-state index is 0.861. The van der Waals surface area contributed by atoms with Crippen LogP contribution in [0.5, 0.6) is 0 Å². The van der Waals surface area contributed by atoms with E-state index in [1.807, 2.05) is 0 Å². The van der Waals surface area contributed by atoms with Crippen LogP contribution in [-0.2, 0) is 6.42 Å². The van der Waals surface area contributed by atoms with Crippen molar-refractivity contribution in [2.45, 2.75) is 51.9 Å². The Morgan fingerprint density at radius 2 is 1.86 bits per heavy atom. The van der Waals surface area contributed by atoms with Gasteiger partial charge in [-0.3, -0.25) is 0 Å². The second-order valence-electron chi connectivity index (χ2n) is 4.59. The zero-order valence-corrected chi connectivity index (χ0v) is 9.34. The van der Waals surface area contributed by atoms with Gasteiger partial charge in [-0.25, -0.2) is 0 Å². The molecule has 0 atom stereocenters. The van der Waals surface area contributed by atoms with Gasteiger partial charge in [-0.05, 0) is 43.2 Å². The average molecular weight is 188 g/mol. The van der Waals surface area contributed by atoms with E-state index >= 15 is 0 Å². The van der Waals surface area contributed by atoms with Gasteiger partial charge in [0.05, 0.1) is 0 Å². The molecular formula is C14H20. The lowest BCUT2D eigenvalue weighted by molar-refractivity contribution is 0.721. The molecule has 0 radical (unpaired) electrons. The summed E-state index contributed by atoms with van der Waals surface area (Å²) < 4.78 is 0. The Morgan fingerprint density at radius 3 is 2.50 bits per heavy atom. The highest BCUT2D eigenvalue weighted by Crippen LogP contribution is 2.34.